The summed E-state index contributed by atoms with van der Waals surface area (Å²) in [4.78, 5) is 11.2. The van der Waals surface area contributed by atoms with Crippen LogP contribution in [0.1, 0.15) is 20.3 Å². The van der Waals surface area contributed by atoms with Gasteiger partial charge in [-0.05, 0) is 12.3 Å². The summed E-state index contributed by atoms with van der Waals surface area (Å²) >= 11 is 0. The van der Waals surface area contributed by atoms with Gasteiger partial charge in [-0.3, -0.25) is 4.79 Å². The zero-order valence-electron chi connectivity index (χ0n) is 10.3. The number of aliphatic hydroxyl groups excluding tert-OH is 1. The lowest BCUT2D eigenvalue weighted by Crippen LogP contribution is -2.51. The van der Waals surface area contributed by atoms with Crippen molar-refractivity contribution in [3.05, 3.63) is 0 Å². The van der Waals surface area contributed by atoms with Crippen LogP contribution in [0.4, 0.5) is 26.3 Å². The van der Waals surface area contributed by atoms with Crippen molar-refractivity contribution in [1.29, 1.82) is 0 Å². The Morgan fingerprint density at radius 1 is 1.11 bits per heavy atom. The second kappa shape index (κ2) is 6.44. The zero-order chi connectivity index (χ0) is 15.4. The summed E-state index contributed by atoms with van der Waals surface area (Å²) in [6.45, 7) is 2.57. The molecule has 1 unspecified atom stereocenters. The molecule has 1 atom stereocenters. The van der Waals surface area contributed by atoms with E-state index in [0.717, 1.165) is 0 Å². The molecule has 0 spiro atoms. The summed E-state index contributed by atoms with van der Waals surface area (Å²) < 4.78 is 73.6. The topological polar surface area (TPSA) is 49.3 Å². The highest BCUT2D eigenvalue weighted by Crippen LogP contribution is 2.39. The molecule has 0 saturated carbocycles. The predicted octanol–water partition coefficient (Wildman–Crippen LogP) is 2.25. The lowest BCUT2D eigenvalue weighted by Gasteiger charge is -2.27. The summed E-state index contributed by atoms with van der Waals surface area (Å²) in [7, 11) is 0. The molecule has 9 heteroatoms. The van der Waals surface area contributed by atoms with E-state index in [1.165, 1.54) is 13.8 Å². The van der Waals surface area contributed by atoms with Crippen LogP contribution in [0.3, 0.4) is 0 Å². The highest BCUT2D eigenvalue weighted by atomic mass is 19.4. The average molecular weight is 295 g/mol. The minimum absolute atomic E-state index is 0.119. The number of nitrogens with one attached hydrogen (secondary N) is 1. The van der Waals surface area contributed by atoms with Gasteiger partial charge < -0.3 is 10.4 Å². The number of carbonyl (C=O) groups is 1. The van der Waals surface area contributed by atoms with E-state index < -0.39 is 42.7 Å². The number of carbonyl (C=O) groups excluding carboxylic acids is 1. The van der Waals surface area contributed by atoms with Gasteiger partial charge in [0.15, 0.2) is 0 Å². The van der Waals surface area contributed by atoms with E-state index in [0.29, 0.717) is 0 Å². The number of rotatable bonds is 5. The highest BCUT2D eigenvalue weighted by Gasteiger charge is 2.61. The Balaban J connectivity index is 5.02. The van der Waals surface area contributed by atoms with Crippen molar-refractivity contribution in [3.63, 3.8) is 0 Å². The smallest absolute Gasteiger partial charge is 0.396 e. The second-order valence-electron chi connectivity index (χ2n) is 4.39. The maximum absolute atomic E-state index is 12.3. The predicted molar refractivity (Wildman–Crippen MR) is 54.1 cm³/mol. The Morgan fingerprint density at radius 2 is 1.53 bits per heavy atom. The van der Waals surface area contributed by atoms with E-state index >= 15 is 0 Å². The summed E-state index contributed by atoms with van der Waals surface area (Å²) in [5, 5.41) is 10.4. The molecule has 0 bridgehead atoms. The number of hydrogen-bond acceptors (Lipinski definition) is 2. The molecule has 0 fully saturated rings. The van der Waals surface area contributed by atoms with Gasteiger partial charge in [0.2, 0.25) is 11.8 Å². The van der Waals surface area contributed by atoms with Gasteiger partial charge in [-0.2, -0.15) is 26.3 Å². The third-order valence-corrected chi connectivity index (χ3v) is 2.49. The lowest BCUT2D eigenvalue weighted by molar-refractivity contribution is -0.274. The van der Waals surface area contributed by atoms with Crippen LogP contribution in [-0.2, 0) is 4.79 Å². The van der Waals surface area contributed by atoms with Crippen molar-refractivity contribution in [2.24, 2.45) is 11.8 Å². The number of amides is 1. The fourth-order valence-electron chi connectivity index (χ4n) is 1.46. The number of halogens is 6. The molecular formula is C10H15F6NO2. The third-order valence-electron chi connectivity index (χ3n) is 2.49. The Bertz CT molecular complexity index is 285. The molecule has 0 rings (SSSR count). The Labute approximate surface area is 106 Å². The van der Waals surface area contributed by atoms with Crippen molar-refractivity contribution in [2.45, 2.75) is 38.7 Å². The maximum Gasteiger partial charge on any atom is 0.409 e. The fourth-order valence-corrected chi connectivity index (χ4v) is 1.46. The lowest BCUT2D eigenvalue weighted by atomic mass is 9.99. The molecule has 0 saturated heterocycles. The largest absolute Gasteiger partial charge is 0.409 e. The first-order valence-electron chi connectivity index (χ1n) is 5.46. The Morgan fingerprint density at radius 3 is 1.79 bits per heavy atom. The van der Waals surface area contributed by atoms with E-state index in [1.807, 2.05) is 0 Å². The average Bonchev–Trinajstić information content (AvgIpc) is 2.11. The van der Waals surface area contributed by atoms with Crippen LogP contribution in [0, 0.1) is 11.8 Å². The first-order valence-corrected chi connectivity index (χ1v) is 5.46. The van der Waals surface area contributed by atoms with Crippen molar-refractivity contribution in [3.8, 4) is 0 Å². The van der Waals surface area contributed by atoms with E-state index in [-0.39, 0.29) is 6.42 Å². The van der Waals surface area contributed by atoms with Crippen LogP contribution in [0.25, 0.3) is 0 Å². The number of aliphatic hydroxyl groups is 1. The van der Waals surface area contributed by atoms with Gasteiger partial charge in [0, 0.05) is 12.6 Å². The van der Waals surface area contributed by atoms with Gasteiger partial charge in [-0.1, -0.05) is 13.8 Å². The molecule has 0 aliphatic rings. The van der Waals surface area contributed by atoms with Crippen molar-refractivity contribution >= 4 is 5.91 Å². The number of hydrogen-bond donors (Lipinski definition) is 2. The molecule has 0 aromatic carbocycles. The first-order chi connectivity index (χ1) is 8.41. The molecule has 0 aliphatic heterocycles. The Hall–Kier alpha value is -0.990. The zero-order valence-corrected chi connectivity index (χ0v) is 10.3. The van der Waals surface area contributed by atoms with E-state index in [4.69, 9.17) is 5.11 Å². The van der Waals surface area contributed by atoms with Gasteiger partial charge in [0.1, 0.15) is 0 Å². The number of alkyl halides is 6. The minimum Gasteiger partial charge on any atom is -0.396 e. The summed E-state index contributed by atoms with van der Waals surface area (Å²) in [6.07, 6.45) is -11.5. The monoisotopic (exact) mass is 295 g/mol. The van der Waals surface area contributed by atoms with Crippen LogP contribution < -0.4 is 5.32 Å². The standard InChI is InChI=1S/C10H15F6NO2/c1-5(2)6(3-4-18)17-8(19)7(9(11,12)13)10(14,15)16/h5-7,18H,3-4H2,1-2H3,(H,17,19). The van der Waals surface area contributed by atoms with Crippen LogP contribution in [-0.4, -0.2) is 36.0 Å². The fraction of sp³-hybridized carbons (Fsp3) is 0.900. The highest BCUT2D eigenvalue weighted by molar-refractivity contribution is 5.80. The molecular weight excluding hydrogens is 280 g/mol. The van der Waals surface area contributed by atoms with Crippen LogP contribution in [0.15, 0.2) is 0 Å². The molecule has 0 heterocycles. The molecule has 19 heavy (non-hydrogen) atoms. The van der Waals surface area contributed by atoms with Crippen LogP contribution in [0.5, 0.6) is 0 Å². The molecule has 1 amide bonds. The van der Waals surface area contributed by atoms with Gasteiger partial charge >= 0.3 is 12.4 Å². The van der Waals surface area contributed by atoms with Gasteiger partial charge in [-0.15, -0.1) is 0 Å². The SMILES string of the molecule is CC(C)C(CCO)NC(=O)C(C(F)(F)F)C(F)(F)F. The third kappa shape index (κ3) is 5.66. The first kappa shape index (κ1) is 18.0. The van der Waals surface area contributed by atoms with Gasteiger partial charge in [0.05, 0.1) is 0 Å². The molecule has 0 aliphatic carbocycles. The Kier molecular flexibility index (Phi) is 6.11. The van der Waals surface area contributed by atoms with Crippen LogP contribution >= 0.6 is 0 Å². The van der Waals surface area contributed by atoms with E-state index in [1.54, 1.807) is 5.32 Å². The molecule has 3 nitrogen and oxygen atoms in total. The van der Waals surface area contributed by atoms with Crippen LogP contribution in [0.2, 0.25) is 0 Å². The quantitative estimate of drug-likeness (QED) is 0.764. The normalized spacial score (nSPS) is 14.9. The summed E-state index contributed by atoms with van der Waals surface area (Å²) in [5.74, 6) is -6.61. The molecule has 114 valence electrons. The van der Waals surface area contributed by atoms with Crippen molar-refractivity contribution in [2.75, 3.05) is 6.61 Å². The maximum atomic E-state index is 12.3. The molecule has 0 radical (unpaired) electrons. The van der Waals surface area contributed by atoms with Gasteiger partial charge in [0.25, 0.3) is 0 Å². The van der Waals surface area contributed by atoms with E-state index in [2.05, 4.69) is 0 Å². The van der Waals surface area contributed by atoms with Crippen molar-refractivity contribution in [1.82, 2.24) is 5.32 Å². The van der Waals surface area contributed by atoms with Crippen molar-refractivity contribution < 1.29 is 36.2 Å². The second-order valence-corrected chi connectivity index (χ2v) is 4.39. The molecule has 0 aromatic heterocycles. The minimum atomic E-state index is -5.71. The molecule has 0 aromatic rings. The molecule has 2 N–H and O–H groups in total. The van der Waals surface area contributed by atoms with E-state index in [9.17, 15) is 31.1 Å². The van der Waals surface area contributed by atoms with Gasteiger partial charge in [-0.25, -0.2) is 0 Å². The summed E-state index contributed by atoms with van der Waals surface area (Å²) in [6, 6.07) is -0.954. The summed E-state index contributed by atoms with van der Waals surface area (Å²) in [5.41, 5.74) is 0.